The van der Waals surface area contributed by atoms with Crippen LogP contribution in [0, 0.1) is 11.3 Å². The number of para-hydroxylation sites is 1. The Morgan fingerprint density at radius 1 is 1.19 bits per heavy atom. The van der Waals surface area contributed by atoms with Crippen LogP contribution in [0.4, 0.5) is 5.69 Å². The number of amides is 1. The van der Waals surface area contributed by atoms with Crippen molar-refractivity contribution >= 4 is 46.8 Å². The lowest BCUT2D eigenvalue weighted by Gasteiger charge is -2.08. The summed E-state index contributed by atoms with van der Waals surface area (Å²) in [5.41, 5.74) is 0.529. The van der Waals surface area contributed by atoms with E-state index in [4.69, 9.17) is 33.0 Å². The number of nitrogens with one attached hydrogen (secondary N) is 1. The predicted molar refractivity (Wildman–Crippen MR) is 98.3 cm³/mol. The molecule has 2 N–H and O–H groups in total. The van der Waals surface area contributed by atoms with Crippen LogP contribution in [0.5, 0.6) is 5.75 Å². The molecule has 2 aromatic carbocycles. The lowest BCUT2D eigenvalue weighted by Crippen LogP contribution is -2.14. The zero-order valence-corrected chi connectivity index (χ0v) is 14.7. The van der Waals surface area contributed by atoms with Crippen molar-refractivity contribution < 1.29 is 19.4 Å². The molecule has 0 unspecified atom stereocenters. The number of nitriles is 1. The third-order valence-electron chi connectivity index (χ3n) is 3.06. The SMILES string of the molecule is N#C/C(=C/c1ccccc1OCC(=O)O)C(=O)Nc1cc(Cl)cc(Cl)c1. The Hall–Kier alpha value is -3.01. The van der Waals surface area contributed by atoms with E-state index in [0.717, 1.165) is 0 Å². The predicted octanol–water partition coefficient (Wildman–Crippen LogP) is 4.00. The first-order chi connectivity index (χ1) is 12.4. The smallest absolute Gasteiger partial charge is 0.341 e. The molecule has 0 bridgehead atoms. The van der Waals surface area contributed by atoms with E-state index in [-0.39, 0.29) is 11.3 Å². The van der Waals surface area contributed by atoms with Gasteiger partial charge in [-0.05, 0) is 30.3 Å². The van der Waals surface area contributed by atoms with Gasteiger partial charge in [-0.3, -0.25) is 4.79 Å². The molecular weight excluding hydrogens is 379 g/mol. The zero-order valence-electron chi connectivity index (χ0n) is 13.2. The fraction of sp³-hybridized carbons (Fsp3) is 0.0556. The summed E-state index contributed by atoms with van der Waals surface area (Å²) in [4.78, 5) is 23.0. The monoisotopic (exact) mass is 390 g/mol. The van der Waals surface area contributed by atoms with Crippen LogP contribution in [0.3, 0.4) is 0 Å². The van der Waals surface area contributed by atoms with Crippen LogP contribution in [-0.2, 0) is 9.59 Å². The Morgan fingerprint density at radius 3 is 2.46 bits per heavy atom. The first-order valence-corrected chi connectivity index (χ1v) is 7.97. The number of aliphatic carboxylic acids is 1. The third-order valence-corrected chi connectivity index (χ3v) is 3.49. The normalized spacial score (nSPS) is 10.7. The summed E-state index contributed by atoms with van der Waals surface area (Å²) in [6, 6.07) is 12.7. The summed E-state index contributed by atoms with van der Waals surface area (Å²) in [6.45, 7) is -0.542. The quantitative estimate of drug-likeness (QED) is 0.573. The van der Waals surface area contributed by atoms with E-state index in [1.54, 1.807) is 30.3 Å². The molecule has 0 heterocycles. The number of hydrogen-bond acceptors (Lipinski definition) is 4. The first kappa shape index (κ1) is 19.3. The molecule has 2 rings (SSSR count). The van der Waals surface area contributed by atoms with Gasteiger partial charge in [0.15, 0.2) is 6.61 Å². The van der Waals surface area contributed by atoms with Gasteiger partial charge in [0, 0.05) is 21.3 Å². The van der Waals surface area contributed by atoms with Crippen LogP contribution in [0.1, 0.15) is 5.56 Å². The molecule has 0 radical (unpaired) electrons. The largest absolute Gasteiger partial charge is 0.481 e. The highest BCUT2D eigenvalue weighted by Crippen LogP contribution is 2.24. The van der Waals surface area contributed by atoms with E-state index in [1.165, 1.54) is 24.3 Å². The fourth-order valence-electron chi connectivity index (χ4n) is 2.00. The lowest BCUT2D eigenvalue weighted by atomic mass is 10.1. The Kier molecular flexibility index (Phi) is 6.61. The topological polar surface area (TPSA) is 99.4 Å². The Balaban J connectivity index is 2.26. The molecule has 8 heteroatoms. The van der Waals surface area contributed by atoms with Gasteiger partial charge in [0.2, 0.25) is 0 Å². The molecule has 6 nitrogen and oxygen atoms in total. The minimum Gasteiger partial charge on any atom is -0.481 e. The van der Waals surface area contributed by atoms with E-state index in [0.29, 0.717) is 21.3 Å². The van der Waals surface area contributed by atoms with Crippen LogP contribution >= 0.6 is 23.2 Å². The van der Waals surface area contributed by atoms with Crippen LogP contribution in [0.15, 0.2) is 48.0 Å². The number of nitrogens with zero attached hydrogens (tertiary/aromatic N) is 1. The number of carbonyl (C=O) groups excluding carboxylic acids is 1. The average molecular weight is 391 g/mol. The van der Waals surface area contributed by atoms with Crippen molar-refractivity contribution in [2.24, 2.45) is 0 Å². The van der Waals surface area contributed by atoms with E-state index in [1.807, 2.05) is 0 Å². The maximum Gasteiger partial charge on any atom is 0.341 e. The van der Waals surface area contributed by atoms with Crippen molar-refractivity contribution in [3.8, 4) is 11.8 Å². The zero-order chi connectivity index (χ0) is 19.1. The van der Waals surface area contributed by atoms with Gasteiger partial charge in [0.05, 0.1) is 0 Å². The third kappa shape index (κ3) is 5.52. The second-order valence-corrected chi connectivity index (χ2v) is 5.88. The maximum atomic E-state index is 12.3. The average Bonchev–Trinajstić information content (AvgIpc) is 2.57. The number of anilines is 1. The number of rotatable bonds is 6. The minimum atomic E-state index is -1.14. The van der Waals surface area contributed by atoms with Gasteiger partial charge in [-0.2, -0.15) is 5.26 Å². The van der Waals surface area contributed by atoms with Crippen LogP contribution in [0.25, 0.3) is 6.08 Å². The number of ether oxygens (including phenoxy) is 1. The second kappa shape index (κ2) is 8.90. The highest BCUT2D eigenvalue weighted by molar-refractivity contribution is 6.35. The van der Waals surface area contributed by atoms with E-state index >= 15 is 0 Å². The molecular formula is C18H12Cl2N2O4. The van der Waals surface area contributed by atoms with Crippen molar-refractivity contribution in [2.45, 2.75) is 0 Å². The number of carboxylic acid groups (broad SMARTS) is 1. The van der Waals surface area contributed by atoms with E-state index in [2.05, 4.69) is 5.32 Å². The van der Waals surface area contributed by atoms with Gasteiger partial charge in [-0.1, -0.05) is 41.4 Å². The highest BCUT2D eigenvalue weighted by atomic mass is 35.5. The van der Waals surface area contributed by atoms with Gasteiger partial charge in [0.25, 0.3) is 5.91 Å². The molecule has 0 aliphatic carbocycles. The molecule has 0 aliphatic heterocycles. The molecule has 0 saturated carbocycles. The number of carboxylic acids is 1. The van der Waals surface area contributed by atoms with Gasteiger partial charge in [0.1, 0.15) is 17.4 Å². The number of benzene rings is 2. The second-order valence-electron chi connectivity index (χ2n) is 5.00. The first-order valence-electron chi connectivity index (χ1n) is 7.22. The standard InChI is InChI=1S/C18H12Cl2N2O4/c19-13-6-14(20)8-15(7-13)22-18(25)12(9-21)5-11-3-1-2-4-16(11)26-10-17(23)24/h1-8H,10H2,(H,22,25)(H,23,24)/b12-5-. The summed E-state index contributed by atoms with van der Waals surface area (Å²) in [7, 11) is 0. The molecule has 0 fully saturated rings. The van der Waals surface area contributed by atoms with Crippen molar-refractivity contribution in [1.29, 1.82) is 5.26 Å². The number of carbonyl (C=O) groups is 2. The van der Waals surface area contributed by atoms with E-state index in [9.17, 15) is 14.9 Å². The Bertz CT molecular complexity index is 899. The summed E-state index contributed by atoms with van der Waals surface area (Å²) in [5.74, 6) is -1.57. The van der Waals surface area contributed by atoms with Crippen molar-refractivity contribution in [1.82, 2.24) is 0 Å². The Labute approximate surface area is 159 Å². The van der Waals surface area contributed by atoms with Gasteiger partial charge < -0.3 is 15.2 Å². The van der Waals surface area contributed by atoms with Gasteiger partial charge >= 0.3 is 5.97 Å². The van der Waals surface area contributed by atoms with Gasteiger partial charge in [-0.15, -0.1) is 0 Å². The molecule has 26 heavy (non-hydrogen) atoms. The maximum absolute atomic E-state index is 12.3. The molecule has 0 saturated heterocycles. The highest BCUT2D eigenvalue weighted by Gasteiger charge is 2.12. The van der Waals surface area contributed by atoms with Crippen molar-refractivity contribution in [2.75, 3.05) is 11.9 Å². The minimum absolute atomic E-state index is 0.201. The summed E-state index contributed by atoms with van der Waals surface area (Å²) < 4.78 is 5.15. The van der Waals surface area contributed by atoms with Crippen molar-refractivity contribution in [3.05, 3.63) is 63.6 Å². The lowest BCUT2D eigenvalue weighted by molar-refractivity contribution is -0.139. The molecule has 1 amide bonds. The molecule has 0 aliphatic rings. The molecule has 0 spiro atoms. The molecule has 0 aromatic heterocycles. The van der Waals surface area contributed by atoms with Gasteiger partial charge in [-0.25, -0.2) is 4.79 Å². The van der Waals surface area contributed by atoms with E-state index < -0.39 is 18.5 Å². The number of hydrogen-bond donors (Lipinski definition) is 2. The fourth-order valence-corrected chi connectivity index (χ4v) is 2.53. The number of halogens is 2. The molecule has 132 valence electrons. The molecule has 0 atom stereocenters. The van der Waals surface area contributed by atoms with Crippen LogP contribution < -0.4 is 10.1 Å². The van der Waals surface area contributed by atoms with Crippen molar-refractivity contribution in [3.63, 3.8) is 0 Å². The summed E-state index contributed by atoms with van der Waals surface area (Å²) in [5, 5.41) is 21.2. The van der Waals surface area contributed by atoms with Crippen LogP contribution in [-0.4, -0.2) is 23.6 Å². The summed E-state index contributed by atoms with van der Waals surface area (Å²) in [6.07, 6.45) is 1.30. The Morgan fingerprint density at radius 2 is 1.85 bits per heavy atom. The van der Waals surface area contributed by atoms with Crippen LogP contribution in [0.2, 0.25) is 10.0 Å². The molecule has 2 aromatic rings. The summed E-state index contributed by atoms with van der Waals surface area (Å²) >= 11 is 11.8.